The van der Waals surface area contributed by atoms with E-state index in [1.54, 1.807) is 29.0 Å². The van der Waals surface area contributed by atoms with Crippen LogP contribution in [0.25, 0.3) is 16.2 Å². The summed E-state index contributed by atoms with van der Waals surface area (Å²) in [6, 6.07) is 5.69. The fourth-order valence-electron chi connectivity index (χ4n) is 3.07. The van der Waals surface area contributed by atoms with Gasteiger partial charge in [0.25, 0.3) is 5.91 Å². The lowest BCUT2D eigenvalue weighted by Gasteiger charge is -2.06. The van der Waals surface area contributed by atoms with Gasteiger partial charge in [-0.1, -0.05) is 6.07 Å². The van der Waals surface area contributed by atoms with Crippen molar-refractivity contribution in [3.63, 3.8) is 0 Å². The maximum absolute atomic E-state index is 13.0. The van der Waals surface area contributed by atoms with Crippen molar-refractivity contribution < 1.29 is 23.9 Å². The number of hydrogen-bond donors (Lipinski definition) is 1. The molecule has 1 amide bonds. The molecule has 0 saturated carbocycles. The number of hydrogen-bond acceptors (Lipinski definition) is 9. The molecule has 0 aliphatic heterocycles. The Balaban J connectivity index is 1.74. The van der Waals surface area contributed by atoms with Crippen molar-refractivity contribution in [2.45, 2.75) is 6.92 Å². The van der Waals surface area contributed by atoms with Gasteiger partial charge in [-0.15, -0.1) is 22.7 Å². The molecule has 0 spiro atoms. The van der Waals surface area contributed by atoms with Crippen LogP contribution in [0.3, 0.4) is 0 Å². The number of methoxy groups -OCH3 is 2. The second-order valence-corrected chi connectivity index (χ2v) is 8.27. The highest BCUT2D eigenvalue weighted by molar-refractivity contribution is 7.18. The number of nitrogens with zero attached hydrogens (tertiary/aromatic N) is 3. The van der Waals surface area contributed by atoms with Crippen molar-refractivity contribution in [3.8, 4) is 10.6 Å². The molecular weight excluding hydrogens is 440 g/mol. The van der Waals surface area contributed by atoms with E-state index in [2.05, 4.69) is 15.4 Å². The molecule has 0 saturated heterocycles. The highest BCUT2D eigenvalue weighted by atomic mass is 32.1. The summed E-state index contributed by atoms with van der Waals surface area (Å²) in [7, 11) is 2.47. The van der Waals surface area contributed by atoms with E-state index in [0.29, 0.717) is 11.2 Å². The van der Waals surface area contributed by atoms with E-state index in [1.807, 2.05) is 23.6 Å². The minimum absolute atomic E-state index is 0.102. The van der Waals surface area contributed by atoms with Gasteiger partial charge in [0.2, 0.25) is 0 Å². The van der Waals surface area contributed by atoms with Crippen LogP contribution in [-0.2, 0) is 9.47 Å². The first-order chi connectivity index (χ1) is 15.0. The van der Waals surface area contributed by atoms with E-state index in [9.17, 15) is 14.4 Å². The van der Waals surface area contributed by atoms with Gasteiger partial charge in [0.1, 0.15) is 15.4 Å². The second kappa shape index (κ2) is 8.28. The average molecular weight is 457 g/mol. The van der Waals surface area contributed by atoms with Crippen molar-refractivity contribution in [3.05, 3.63) is 57.5 Å². The van der Waals surface area contributed by atoms with Crippen molar-refractivity contribution in [2.75, 3.05) is 19.5 Å². The Morgan fingerprint density at radius 3 is 2.58 bits per heavy atom. The number of ether oxygens (including phenoxy) is 2. The smallest absolute Gasteiger partial charge is 0.348 e. The van der Waals surface area contributed by atoms with E-state index in [4.69, 9.17) is 9.47 Å². The Labute approximate surface area is 184 Å². The molecule has 0 radical (unpaired) electrons. The van der Waals surface area contributed by atoms with Gasteiger partial charge in [0, 0.05) is 6.20 Å². The molecule has 0 aromatic carbocycles. The van der Waals surface area contributed by atoms with Crippen LogP contribution in [0.1, 0.15) is 36.0 Å². The van der Waals surface area contributed by atoms with Crippen molar-refractivity contribution in [1.29, 1.82) is 0 Å². The summed E-state index contributed by atoms with van der Waals surface area (Å²) in [6.45, 7) is 1.59. The Bertz CT molecular complexity index is 1310. The third-order valence-corrected chi connectivity index (χ3v) is 6.63. The molecule has 4 aromatic heterocycles. The normalized spacial score (nSPS) is 10.8. The maximum Gasteiger partial charge on any atom is 0.348 e. The number of rotatable bonds is 5. The summed E-state index contributed by atoms with van der Waals surface area (Å²) in [5.74, 6) is -1.79. The lowest BCUT2D eigenvalue weighted by atomic mass is 10.1. The number of amides is 1. The van der Waals surface area contributed by atoms with Crippen LogP contribution < -0.4 is 5.32 Å². The van der Waals surface area contributed by atoms with Gasteiger partial charge < -0.3 is 14.8 Å². The molecular formula is C20H16N4O5S2. The van der Waals surface area contributed by atoms with E-state index >= 15 is 0 Å². The molecule has 0 unspecified atom stereocenters. The number of carbonyl (C=O) groups is 3. The highest BCUT2D eigenvalue weighted by Gasteiger charge is 2.28. The van der Waals surface area contributed by atoms with Gasteiger partial charge in [-0.25, -0.2) is 19.1 Å². The number of esters is 2. The predicted octanol–water partition coefficient (Wildman–Crippen LogP) is 3.65. The summed E-state index contributed by atoms with van der Waals surface area (Å²) < 4.78 is 11.2. The number of thiophene rings is 2. The molecule has 0 atom stereocenters. The lowest BCUT2D eigenvalue weighted by molar-refractivity contribution is 0.0601. The lowest BCUT2D eigenvalue weighted by Crippen LogP contribution is -2.14. The molecule has 0 aliphatic carbocycles. The molecule has 31 heavy (non-hydrogen) atoms. The SMILES string of the molecule is COC(=O)c1sc(NC(=O)c2cnn3c(-c4cccs4)ccnc23)c(C(=O)OC)c1C. The molecule has 4 rings (SSSR count). The summed E-state index contributed by atoms with van der Waals surface area (Å²) in [4.78, 5) is 42.9. The number of nitrogens with one attached hydrogen (secondary N) is 1. The van der Waals surface area contributed by atoms with Crippen LogP contribution in [0.2, 0.25) is 0 Å². The maximum atomic E-state index is 13.0. The van der Waals surface area contributed by atoms with Crippen molar-refractivity contribution >= 4 is 51.2 Å². The third kappa shape index (κ3) is 3.57. The van der Waals surface area contributed by atoms with E-state index in [-0.39, 0.29) is 21.0 Å². The summed E-state index contributed by atoms with van der Waals surface area (Å²) in [6.07, 6.45) is 3.02. The molecule has 1 N–H and O–H groups in total. The summed E-state index contributed by atoms with van der Waals surface area (Å²) in [5, 5.41) is 9.14. The van der Waals surface area contributed by atoms with Crippen LogP contribution in [0, 0.1) is 6.92 Å². The highest BCUT2D eigenvalue weighted by Crippen LogP contribution is 2.35. The first kappa shape index (κ1) is 20.7. The molecule has 11 heteroatoms. The Morgan fingerprint density at radius 1 is 1.13 bits per heavy atom. The number of carbonyl (C=O) groups excluding carboxylic acids is 3. The fraction of sp³-hybridized carbons (Fsp3) is 0.150. The van der Waals surface area contributed by atoms with Gasteiger partial charge in [-0.3, -0.25) is 4.79 Å². The zero-order valence-electron chi connectivity index (χ0n) is 16.7. The second-order valence-electron chi connectivity index (χ2n) is 6.30. The first-order valence-electron chi connectivity index (χ1n) is 8.94. The van der Waals surface area contributed by atoms with Crippen LogP contribution in [0.15, 0.2) is 36.0 Å². The molecule has 4 heterocycles. The van der Waals surface area contributed by atoms with Crippen LogP contribution in [0.4, 0.5) is 5.00 Å². The predicted molar refractivity (Wildman–Crippen MR) is 116 cm³/mol. The van der Waals surface area contributed by atoms with Gasteiger partial charge in [-0.2, -0.15) is 5.10 Å². The summed E-state index contributed by atoms with van der Waals surface area (Å²) >= 11 is 2.49. The van der Waals surface area contributed by atoms with Gasteiger partial charge in [-0.05, 0) is 30.0 Å². The third-order valence-electron chi connectivity index (χ3n) is 4.55. The molecule has 158 valence electrons. The number of fused-ring (bicyclic) bond motifs is 1. The van der Waals surface area contributed by atoms with E-state index in [1.165, 1.54) is 20.4 Å². The zero-order valence-corrected chi connectivity index (χ0v) is 18.3. The molecule has 4 aromatic rings. The van der Waals surface area contributed by atoms with Crippen molar-refractivity contribution in [2.24, 2.45) is 0 Å². The van der Waals surface area contributed by atoms with Gasteiger partial charge >= 0.3 is 11.9 Å². The van der Waals surface area contributed by atoms with E-state index < -0.39 is 17.8 Å². The summed E-state index contributed by atoms with van der Waals surface area (Å²) in [5.41, 5.74) is 1.86. The molecule has 0 fully saturated rings. The largest absolute Gasteiger partial charge is 0.465 e. The molecule has 9 nitrogen and oxygen atoms in total. The van der Waals surface area contributed by atoms with Crippen LogP contribution in [0.5, 0.6) is 0 Å². The molecule has 0 bridgehead atoms. The Hall–Kier alpha value is -3.57. The Morgan fingerprint density at radius 2 is 1.90 bits per heavy atom. The van der Waals surface area contributed by atoms with Crippen molar-refractivity contribution in [1.82, 2.24) is 14.6 Å². The standard InChI is InChI=1S/C20H16N4O5S2/c1-10-14(19(26)28-2)18(31-15(10)20(27)29-3)23-17(25)11-9-22-24-12(6-7-21-16(11)24)13-5-4-8-30-13/h4-9H,1-3H3,(H,23,25). The van der Waals surface area contributed by atoms with Crippen LogP contribution in [-0.4, -0.2) is 46.7 Å². The number of aromatic nitrogens is 3. The minimum atomic E-state index is -0.669. The first-order valence-corrected chi connectivity index (χ1v) is 10.6. The monoisotopic (exact) mass is 456 g/mol. The van der Waals surface area contributed by atoms with Gasteiger partial charge in [0.05, 0.1) is 36.6 Å². The van der Waals surface area contributed by atoms with E-state index in [0.717, 1.165) is 21.9 Å². The van der Waals surface area contributed by atoms with Crippen LogP contribution >= 0.6 is 22.7 Å². The number of anilines is 1. The van der Waals surface area contributed by atoms with Gasteiger partial charge in [0.15, 0.2) is 5.65 Å². The minimum Gasteiger partial charge on any atom is -0.465 e. The Kier molecular flexibility index (Phi) is 5.53. The quantitative estimate of drug-likeness (QED) is 0.456. The molecule has 0 aliphatic rings. The topological polar surface area (TPSA) is 112 Å². The fourth-order valence-corrected chi connectivity index (χ4v) is 4.91. The zero-order chi connectivity index (χ0) is 22.1. The average Bonchev–Trinajstić information content (AvgIpc) is 3.51.